The number of aliphatic carboxylic acids is 1. The van der Waals surface area contributed by atoms with Crippen LogP contribution in [0.1, 0.15) is 39.2 Å². The number of carboxylic acid groups (broad SMARTS) is 1. The van der Waals surface area contributed by atoms with E-state index in [9.17, 15) is 19.5 Å². The van der Waals surface area contributed by atoms with E-state index in [1.54, 1.807) is 13.8 Å². The van der Waals surface area contributed by atoms with Gasteiger partial charge in [-0.3, -0.25) is 14.4 Å². The maximum absolute atomic E-state index is 13.0. The van der Waals surface area contributed by atoms with Gasteiger partial charge in [-0.2, -0.15) is 4.98 Å². The van der Waals surface area contributed by atoms with Gasteiger partial charge in [0.2, 0.25) is 5.95 Å². The number of carboxylic acids is 1. The van der Waals surface area contributed by atoms with E-state index in [0.29, 0.717) is 22.6 Å². The van der Waals surface area contributed by atoms with Gasteiger partial charge in [-0.25, -0.2) is 9.97 Å². The third-order valence-electron chi connectivity index (χ3n) is 5.63. The summed E-state index contributed by atoms with van der Waals surface area (Å²) in [7, 11) is 0. The first-order valence-electron chi connectivity index (χ1n) is 11.5. The number of hydrogen-bond donors (Lipinski definition) is 2. The number of imidazole rings is 1. The van der Waals surface area contributed by atoms with Crippen molar-refractivity contribution in [3.8, 4) is 0 Å². The highest BCUT2D eigenvalue weighted by atomic mass is 32.2. The van der Waals surface area contributed by atoms with Crippen LogP contribution in [0.3, 0.4) is 0 Å². The van der Waals surface area contributed by atoms with Crippen LogP contribution in [-0.2, 0) is 30.4 Å². The Kier molecular flexibility index (Phi) is 8.51. The van der Waals surface area contributed by atoms with E-state index in [2.05, 4.69) is 15.0 Å². The van der Waals surface area contributed by atoms with Gasteiger partial charge < -0.3 is 24.9 Å². The Morgan fingerprint density at radius 1 is 1.17 bits per heavy atom. The molecular weight excluding hydrogens is 486 g/mol. The highest BCUT2D eigenvalue weighted by Gasteiger charge is 2.56. The molecule has 11 nitrogen and oxygen atoms in total. The zero-order valence-corrected chi connectivity index (χ0v) is 21.4. The van der Waals surface area contributed by atoms with E-state index < -0.39 is 35.8 Å². The molecular formula is C24H29N5O6S. The lowest BCUT2D eigenvalue weighted by atomic mass is 9.84. The number of nitrogen functional groups attached to an aromatic ring is 1. The number of aryl methyl sites for hydroxylation is 2. The fraction of sp³-hybridized carbons (Fsp3) is 0.417. The van der Waals surface area contributed by atoms with E-state index in [-0.39, 0.29) is 19.1 Å². The molecule has 0 saturated heterocycles. The number of nitrogens with two attached hydrogens (primary N) is 1. The van der Waals surface area contributed by atoms with Gasteiger partial charge in [0, 0.05) is 17.9 Å². The largest absolute Gasteiger partial charge is 0.480 e. The summed E-state index contributed by atoms with van der Waals surface area (Å²) in [4.78, 5) is 52.0. The number of rotatable bonds is 11. The highest BCUT2D eigenvalue weighted by molar-refractivity contribution is 7.99. The Hall–Kier alpha value is -3.67. The summed E-state index contributed by atoms with van der Waals surface area (Å²) in [5.74, 6) is -4.00. The fourth-order valence-corrected chi connectivity index (χ4v) is 4.24. The minimum Gasteiger partial charge on any atom is -0.480 e. The molecule has 0 aliphatic heterocycles. The van der Waals surface area contributed by atoms with Crippen LogP contribution < -0.4 is 5.73 Å². The molecule has 0 amide bonds. The number of benzene rings is 1. The van der Waals surface area contributed by atoms with Gasteiger partial charge in [0.05, 0.1) is 19.0 Å². The van der Waals surface area contributed by atoms with Crippen LogP contribution in [-0.4, -0.2) is 55.2 Å². The summed E-state index contributed by atoms with van der Waals surface area (Å²) in [5, 5.41) is 10.5. The van der Waals surface area contributed by atoms with Gasteiger partial charge in [-0.05, 0) is 39.3 Å². The Labute approximate surface area is 212 Å². The molecule has 0 fully saturated rings. The normalized spacial score (nSPS) is 13.7. The highest BCUT2D eigenvalue weighted by Crippen LogP contribution is 2.33. The second-order valence-corrected chi connectivity index (χ2v) is 9.28. The molecule has 0 aliphatic rings. The fourth-order valence-electron chi connectivity index (χ4n) is 3.37. The van der Waals surface area contributed by atoms with E-state index in [1.807, 2.05) is 31.2 Å². The topological polar surface area (TPSA) is 160 Å². The lowest BCUT2D eigenvalue weighted by Gasteiger charge is -2.26. The molecule has 3 N–H and O–H groups in total. The molecule has 0 bridgehead atoms. The predicted molar refractivity (Wildman–Crippen MR) is 132 cm³/mol. The zero-order chi connectivity index (χ0) is 26.5. The van der Waals surface area contributed by atoms with E-state index >= 15 is 0 Å². The Balaban J connectivity index is 1.96. The number of carbonyl (C=O) groups excluding carboxylic acids is 2. The van der Waals surface area contributed by atoms with Gasteiger partial charge >= 0.3 is 17.9 Å². The second kappa shape index (κ2) is 11.4. The van der Waals surface area contributed by atoms with Crippen molar-refractivity contribution in [3.63, 3.8) is 0 Å². The Bertz CT molecular complexity index is 1260. The van der Waals surface area contributed by atoms with Gasteiger partial charge in [-0.1, -0.05) is 36.4 Å². The summed E-state index contributed by atoms with van der Waals surface area (Å²) in [6.07, 6.45) is 0.879. The number of carbonyl (C=O) groups is 3. The van der Waals surface area contributed by atoms with Crippen molar-refractivity contribution in [1.82, 2.24) is 19.5 Å². The first-order valence-corrected chi connectivity index (χ1v) is 12.3. The molecule has 1 aromatic carbocycles. The number of esters is 2. The van der Waals surface area contributed by atoms with Crippen molar-refractivity contribution in [3.05, 3.63) is 36.2 Å². The molecule has 36 heavy (non-hydrogen) atoms. The molecule has 0 radical (unpaired) electrons. The molecule has 12 heteroatoms. The molecule has 2 atom stereocenters. The molecule has 3 aromatic rings. The third kappa shape index (κ3) is 5.59. The van der Waals surface area contributed by atoms with Crippen LogP contribution in [0.4, 0.5) is 5.95 Å². The van der Waals surface area contributed by atoms with Crippen molar-refractivity contribution < 1.29 is 29.0 Å². The van der Waals surface area contributed by atoms with E-state index in [4.69, 9.17) is 15.2 Å². The number of aromatic nitrogens is 4. The van der Waals surface area contributed by atoms with Crippen LogP contribution in [0.15, 0.2) is 40.5 Å². The SMILES string of the molecule is CCOC(=O)C(CCn1cnc2c(Sc3ccc(C)cc3)nc(N)nc21)(C(=O)O)C(=O)OC(C)CC. The van der Waals surface area contributed by atoms with Crippen LogP contribution in [0.25, 0.3) is 11.2 Å². The average molecular weight is 516 g/mol. The number of anilines is 1. The van der Waals surface area contributed by atoms with Gasteiger partial charge in [0.25, 0.3) is 5.41 Å². The maximum Gasteiger partial charge on any atom is 0.335 e. The second-order valence-electron chi connectivity index (χ2n) is 8.22. The number of nitrogens with zero attached hydrogens (tertiary/aromatic N) is 4. The molecule has 2 unspecified atom stereocenters. The van der Waals surface area contributed by atoms with Crippen LogP contribution in [0, 0.1) is 12.3 Å². The number of fused-ring (bicyclic) bond motifs is 1. The maximum atomic E-state index is 13.0. The van der Waals surface area contributed by atoms with Crippen LogP contribution >= 0.6 is 11.8 Å². The molecule has 3 rings (SSSR count). The van der Waals surface area contributed by atoms with Gasteiger partial charge in [-0.15, -0.1) is 0 Å². The number of ether oxygens (including phenoxy) is 2. The molecule has 0 aliphatic carbocycles. The van der Waals surface area contributed by atoms with Crippen molar-refractivity contribution in [2.45, 2.75) is 63.1 Å². The van der Waals surface area contributed by atoms with E-state index in [0.717, 1.165) is 10.5 Å². The zero-order valence-electron chi connectivity index (χ0n) is 20.6. The van der Waals surface area contributed by atoms with Crippen LogP contribution in [0.5, 0.6) is 0 Å². The molecule has 0 saturated carbocycles. The molecule has 192 valence electrons. The summed E-state index contributed by atoms with van der Waals surface area (Å²) in [6, 6.07) is 7.85. The third-order valence-corrected chi connectivity index (χ3v) is 6.62. The van der Waals surface area contributed by atoms with Gasteiger partial charge in [0.15, 0.2) is 5.65 Å². The standard InChI is InChI=1S/C24H29N5O6S/c1-5-15(4)35-22(33)24(20(30)31,21(32)34-6-2)11-12-29-13-26-17-18(29)27-23(25)28-19(17)36-16-9-7-14(3)8-10-16/h7-10,13,15H,5-6,11-12H2,1-4H3,(H,30,31)(H2,25,27,28). The monoisotopic (exact) mass is 515 g/mol. The summed E-state index contributed by atoms with van der Waals surface area (Å²) >= 11 is 1.36. The lowest BCUT2D eigenvalue weighted by molar-refractivity contribution is -0.184. The molecule has 2 aromatic heterocycles. The number of hydrogen-bond acceptors (Lipinski definition) is 10. The van der Waals surface area contributed by atoms with Crippen molar-refractivity contribution in [1.29, 1.82) is 0 Å². The smallest absolute Gasteiger partial charge is 0.335 e. The van der Waals surface area contributed by atoms with Crippen molar-refractivity contribution in [2.24, 2.45) is 5.41 Å². The van der Waals surface area contributed by atoms with Crippen molar-refractivity contribution >= 4 is 46.8 Å². The molecule has 2 heterocycles. The molecule has 0 spiro atoms. The Morgan fingerprint density at radius 3 is 2.47 bits per heavy atom. The Morgan fingerprint density at radius 2 is 1.86 bits per heavy atom. The average Bonchev–Trinajstić information content (AvgIpc) is 3.23. The minimum absolute atomic E-state index is 0.00457. The first kappa shape index (κ1) is 26.9. The predicted octanol–water partition coefficient (Wildman–Crippen LogP) is 3.23. The van der Waals surface area contributed by atoms with E-state index in [1.165, 1.54) is 29.6 Å². The lowest BCUT2D eigenvalue weighted by Crippen LogP contribution is -2.49. The summed E-state index contributed by atoms with van der Waals surface area (Å²) in [6.45, 7) is 6.72. The van der Waals surface area contributed by atoms with Crippen LogP contribution in [0.2, 0.25) is 0 Å². The quantitative estimate of drug-likeness (QED) is 0.219. The minimum atomic E-state index is -2.55. The summed E-state index contributed by atoms with van der Waals surface area (Å²) < 4.78 is 11.8. The summed E-state index contributed by atoms with van der Waals surface area (Å²) in [5.41, 5.74) is 5.31. The first-order chi connectivity index (χ1) is 17.1. The van der Waals surface area contributed by atoms with Crippen molar-refractivity contribution in [2.75, 3.05) is 12.3 Å². The van der Waals surface area contributed by atoms with Gasteiger partial charge in [0.1, 0.15) is 10.5 Å².